The quantitative estimate of drug-likeness (QED) is 0.723. The minimum Gasteiger partial charge on any atom is -0.508 e. The third kappa shape index (κ3) is 1.58. The van der Waals surface area contributed by atoms with Gasteiger partial charge in [-0.3, -0.25) is 4.79 Å². The number of carbonyl (C=O) groups excluding carboxylic acids is 1. The molecule has 0 aromatic heterocycles. The van der Waals surface area contributed by atoms with Crippen molar-refractivity contribution in [3.8, 4) is 5.75 Å². The number of hydrogen-bond acceptors (Lipinski definition) is 2. The van der Waals surface area contributed by atoms with E-state index in [1.165, 1.54) is 6.07 Å². The third-order valence-corrected chi connectivity index (χ3v) is 2.41. The molecule has 0 atom stereocenters. The summed E-state index contributed by atoms with van der Waals surface area (Å²) in [7, 11) is 0. The second-order valence-electron chi connectivity index (χ2n) is 3.45. The van der Waals surface area contributed by atoms with Crippen LogP contribution in [0.25, 0.3) is 0 Å². The van der Waals surface area contributed by atoms with E-state index < -0.39 is 23.3 Å². The van der Waals surface area contributed by atoms with Gasteiger partial charge in [-0.15, -0.1) is 0 Å². The van der Waals surface area contributed by atoms with Crippen LogP contribution in [0.4, 0.5) is 13.2 Å². The molecule has 0 saturated carbocycles. The standard InChI is InChI=1S/C10H7F3O2/c11-10(12,13)7-4-6(14)3-5-1-2-8(15)9(5)7/h3-4,14H,1-2H2. The van der Waals surface area contributed by atoms with Crippen LogP contribution in [-0.4, -0.2) is 10.9 Å². The molecule has 2 nitrogen and oxygen atoms in total. The second kappa shape index (κ2) is 2.98. The molecule has 0 fully saturated rings. The number of ketones is 1. The number of alkyl halides is 3. The van der Waals surface area contributed by atoms with E-state index in [0.29, 0.717) is 6.07 Å². The maximum absolute atomic E-state index is 12.5. The molecule has 80 valence electrons. The van der Waals surface area contributed by atoms with Crippen molar-refractivity contribution in [2.24, 2.45) is 0 Å². The van der Waals surface area contributed by atoms with E-state index in [0.717, 1.165) is 0 Å². The molecule has 0 unspecified atom stereocenters. The first kappa shape index (κ1) is 10.0. The Labute approximate surface area is 83.3 Å². The lowest BCUT2D eigenvalue weighted by Crippen LogP contribution is -2.11. The number of hydrogen-bond donors (Lipinski definition) is 1. The lowest BCUT2D eigenvalue weighted by molar-refractivity contribution is -0.138. The normalized spacial score (nSPS) is 15.5. The summed E-state index contributed by atoms with van der Waals surface area (Å²) in [6, 6.07) is 1.82. The molecule has 2 rings (SSSR count). The van der Waals surface area contributed by atoms with Crippen LogP contribution in [0.5, 0.6) is 5.75 Å². The lowest BCUT2D eigenvalue weighted by atomic mass is 10.0. The lowest BCUT2D eigenvalue weighted by Gasteiger charge is -2.11. The number of Topliss-reactive ketones (excluding diaryl/α,β-unsaturated/α-hetero) is 1. The van der Waals surface area contributed by atoms with Gasteiger partial charge in [0.05, 0.1) is 5.56 Å². The molecule has 0 spiro atoms. The minimum absolute atomic E-state index is 0.0852. The molecule has 0 aliphatic heterocycles. The number of fused-ring (bicyclic) bond motifs is 1. The Bertz CT molecular complexity index is 435. The molecule has 1 aliphatic carbocycles. The van der Waals surface area contributed by atoms with Crippen LogP contribution in [0.15, 0.2) is 12.1 Å². The fraction of sp³-hybridized carbons (Fsp3) is 0.300. The highest BCUT2D eigenvalue weighted by Crippen LogP contribution is 2.39. The number of phenols is 1. The predicted molar refractivity (Wildman–Crippen MR) is 45.8 cm³/mol. The largest absolute Gasteiger partial charge is 0.508 e. The zero-order valence-electron chi connectivity index (χ0n) is 7.56. The summed E-state index contributed by atoms with van der Waals surface area (Å²) in [5.41, 5.74) is -1.02. The van der Waals surface area contributed by atoms with Crippen molar-refractivity contribution in [3.63, 3.8) is 0 Å². The van der Waals surface area contributed by atoms with Gasteiger partial charge in [-0.05, 0) is 24.1 Å². The van der Waals surface area contributed by atoms with Gasteiger partial charge in [0.1, 0.15) is 5.75 Å². The number of phenolic OH excluding ortho intramolecular Hbond substituents is 1. The molecular formula is C10H7F3O2. The molecule has 0 radical (unpaired) electrons. The Kier molecular flexibility index (Phi) is 1.99. The van der Waals surface area contributed by atoms with Crippen molar-refractivity contribution >= 4 is 5.78 Å². The molecule has 0 amide bonds. The highest BCUT2D eigenvalue weighted by molar-refractivity contribution is 6.02. The van der Waals surface area contributed by atoms with Crippen molar-refractivity contribution in [3.05, 3.63) is 28.8 Å². The molecule has 1 aliphatic rings. The topological polar surface area (TPSA) is 37.3 Å². The van der Waals surface area contributed by atoms with Crippen LogP contribution in [0, 0.1) is 0 Å². The van der Waals surface area contributed by atoms with Gasteiger partial charge in [-0.25, -0.2) is 0 Å². The number of aromatic hydroxyl groups is 1. The summed E-state index contributed by atoms with van der Waals surface area (Å²) in [4.78, 5) is 11.3. The van der Waals surface area contributed by atoms with E-state index in [2.05, 4.69) is 0 Å². The summed E-state index contributed by atoms with van der Waals surface area (Å²) >= 11 is 0. The van der Waals surface area contributed by atoms with E-state index in [4.69, 9.17) is 5.11 Å². The monoisotopic (exact) mass is 216 g/mol. The molecule has 0 saturated heterocycles. The fourth-order valence-corrected chi connectivity index (χ4v) is 1.81. The summed E-state index contributed by atoms with van der Waals surface area (Å²) in [6.07, 6.45) is -4.24. The Morgan fingerprint density at radius 2 is 1.87 bits per heavy atom. The molecule has 0 heterocycles. The summed E-state index contributed by atoms with van der Waals surface area (Å²) < 4.78 is 37.6. The molecule has 1 aromatic carbocycles. The molecule has 0 bridgehead atoms. The summed E-state index contributed by atoms with van der Waals surface area (Å²) in [5.74, 6) is -0.951. The second-order valence-corrected chi connectivity index (χ2v) is 3.45. The van der Waals surface area contributed by atoms with Gasteiger partial charge in [-0.1, -0.05) is 0 Å². The van der Waals surface area contributed by atoms with Crippen molar-refractivity contribution in [1.29, 1.82) is 0 Å². The van der Waals surface area contributed by atoms with E-state index in [1.807, 2.05) is 0 Å². The van der Waals surface area contributed by atoms with Crippen LogP contribution in [0.3, 0.4) is 0 Å². The first-order chi connectivity index (χ1) is 6.89. The Morgan fingerprint density at radius 3 is 2.47 bits per heavy atom. The third-order valence-electron chi connectivity index (χ3n) is 2.41. The van der Waals surface area contributed by atoms with E-state index in [9.17, 15) is 18.0 Å². The smallest absolute Gasteiger partial charge is 0.417 e. The maximum Gasteiger partial charge on any atom is 0.417 e. The number of carbonyl (C=O) groups is 1. The summed E-state index contributed by atoms with van der Waals surface area (Å²) in [6.45, 7) is 0. The minimum atomic E-state index is -4.59. The van der Waals surface area contributed by atoms with E-state index in [1.54, 1.807) is 0 Å². The van der Waals surface area contributed by atoms with Gasteiger partial charge in [0.15, 0.2) is 5.78 Å². The van der Waals surface area contributed by atoms with Crippen molar-refractivity contribution < 1.29 is 23.1 Å². The van der Waals surface area contributed by atoms with Crippen molar-refractivity contribution in [1.82, 2.24) is 0 Å². The fourth-order valence-electron chi connectivity index (χ4n) is 1.81. The predicted octanol–water partition coefficient (Wildman–Crippen LogP) is 2.54. The van der Waals surface area contributed by atoms with Gasteiger partial charge in [0.2, 0.25) is 0 Å². The molecule has 1 aromatic rings. The van der Waals surface area contributed by atoms with Gasteiger partial charge >= 0.3 is 6.18 Å². The molecule has 5 heteroatoms. The molecular weight excluding hydrogens is 209 g/mol. The number of aryl methyl sites for hydroxylation is 1. The Morgan fingerprint density at radius 1 is 1.20 bits per heavy atom. The van der Waals surface area contributed by atoms with Crippen LogP contribution in [0.2, 0.25) is 0 Å². The Balaban J connectivity index is 2.69. The van der Waals surface area contributed by atoms with Crippen molar-refractivity contribution in [2.75, 3.05) is 0 Å². The number of halogens is 3. The van der Waals surface area contributed by atoms with Gasteiger partial charge in [0.25, 0.3) is 0 Å². The molecule has 1 N–H and O–H groups in total. The van der Waals surface area contributed by atoms with Crippen molar-refractivity contribution in [2.45, 2.75) is 19.0 Å². The van der Waals surface area contributed by atoms with Crippen LogP contribution in [-0.2, 0) is 12.6 Å². The first-order valence-electron chi connectivity index (χ1n) is 4.36. The zero-order chi connectivity index (χ0) is 11.2. The van der Waals surface area contributed by atoms with Gasteiger partial charge in [0, 0.05) is 12.0 Å². The highest BCUT2D eigenvalue weighted by atomic mass is 19.4. The average Bonchev–Trinajstić information content (AvgIpc) is 2.44. The first-order valence-corrected chi connectivity index (χ1v) is 4.36. The van der Waals surface area contributed by atoms with E-state index >= 15 is 0 Å². The summed E-state index contributed by atoms with van der Waals surface area (Å²) in [5, 5.41) is 9.12. The maximum atomic E-state index is 12.5. The van der Waals surface area contributed by atoms with Gasteiger partial charge < -0.3 is 5.11 Å². The average molecular weight is 216 g/mol. The van der Waals surface area contributed by atoms with Crippen LogP contribution in [0.1, 0.15) is 27.9 Å². The Hall–Kier alpha value is -1.52. The van der Waals surface area contributed by atoms with E-state index in [-0.39, 0.29) is 24.0 Å². The number of benzene rings is 1. The number of rotatable bonds is 0. The highest BCUT2D eigenvalue weighted by Gasteiger charge is 2.38. The molecule has 15 heavy (non-hydrogen) atoms. The van der Waals surface area contributed by atoms with Gasteiger partial charge in [-0.2, -0.15) is 13.2 Å². The SMILES string of the molecule is O=C1CCc2cc(O)cc(C(F)(F)F)c21. The zero-order valence-corrected chi connectivity index (χ0v) is 7.56. The van der Waals surface area contributed by atoms with Crippen LogP contribution >= 0.6 is 0 Å². The van der Waals surface area contributed by atoms with Crippen LogP contribution < -0.4 is 0 Å².